The van der Waals surface area contributed by atoms with E-state index in [1.807, 2.05) is 0 Å². The van der Waals surface area contributed by atoms with Crippen LogP contribution >= 0.6 is 11.8 Å². The van der Waals surface area contributed by atoms with Gasteiger partial charge in [0.15, 0.2) is 16.7 Å². The average molecular weight is 485 g/mol. The zero-order chi connectivity index (χ0) is 23.9. The largest absolute Gasteiger partial charge is 0.489 e. The summed E-state index contributed by atoms with van der Waals surface area (Å²) in [5.41, 5.74) is 0.939. The van der Waals surface area contributed by atoms with Crippen molar-refractivity contribution in [3.05, 3.63) is 59.9 Å². The van der Waals surface area contributed by atoms with Gasteiger partial charge in [-0.25, -0.2) is 4.39 Å². The van der Waals surface area contributed by atoms with Crippen molar-refractivity contribution in [2.24, 2.45) is 4.99 Å². The molecule has 10 heteroatoms. The minimum Gasteiger partial charge on any atom is -0.489 e. The summed E-state index contributed by atoms with van der Waals surface area (Å²) >= 11 is 1.35. The fourth-order valence-corrected chi connectivity index (χ4v) is 4.74. The highest BCUT2D eigenvalue weighted by Crippen LogP contribution is 2.29. The Hall–Kier alpha value is -3.40. The number of halogens is 1. The van der Waals surface area contributed by atoms with E-state index in [1.165, 1.54) is 23.9 Å². The number of para-hydroxylation sites is 1. The van der Waals surface area contributed by atoms with Crippen molar-refractivity contribution >= 4 is 40.3 Å². The summed E-state index contributed by atoms with van der Waals surface area (Å²) in [6.45, 7) is 2.13. The van der Waals surface area contributed by atoms with Crippen molar-refractivity contribution in [3.8, 4) is 5.75 Å². The average Bonchev–Trinajstić information content (AvgIpc) is 3.48. The number of thioether (sulfide) groups is 1. The first-order chi connectivity index (χ1) is 16.5. The number of nitrogens with one attached hydrogen (secondary N) is 2. The fourth-order valence-electron chi connectivity index (χ4n) is 3.63. The smallest absolute Gasteiger partial charge is 0.262 e. The van der Waals surface area contributed by atoms with E-state index >= 15 is 0 Å². The summed E-state index contributed by atoms with van der Waals surface area (Å²) < 4.78 is 18.8. The van der Waals surface area contributed by atoms with Crippen molar-refractivity contribution < 1.29 is 23.5 Å². The molecule has 0 spiro atoms. The van der Waals surface area contributed by atoms with Crippen molar-refractivity contribution in [3.63, 3.8) is 0 Å². The highest BCUT2D eigenvalue weighted by molar-refractivity contribution is 8.15. The number of hydrogen-bond donors (Lipinski definition) is 2. The van der Waals surface area contributed by atoms with E-state index in [2.05, 4.69) is 20.5 Å². The normalized spacial score (nSPS) is 17.4. The second-order valence-electron chi connectivity index (χ2n) is 7.90. The molecule has 0 bridgehead atoms. The molecule has 0 aliphatic carbocycles. The number of amides is 3. The summed E-state index contributed by atoms with van der Waals surface area (Å²) in [5, 5.41) is 5.67. The standard InChI is InChI=1S/C24H25FN4O4S/c25-18-5-1-2-6-19(18)33-14-11-26-22(31)16-7-9-17(10-8-16)27-21(30)15-20-23(32)28-24(34-20)29-12-3-4-13-29/h1-2,5-10,20H,3-4,11-15H2,(H,26,31)(H,27,30)/t20-/m0/s1. The van der Waals surface area contributed by atoms with E-state index in [9.17, 15) is 18.8 Å². The summed E-state index contributed by atoms with van der Waals surface area (Å²) in [7, 11) is 0. The molecular formula is C24H25FN4O4S. The van der Waals surface area contributed by atoms with Crippen LogP contribution < -0.4 is 15.4 Å². The summed E-state index contributed by atoms with van der Waals surface area (Å²) in [6.07, 6.45) is 2.22. The molecule has 2 heterocycles. The van der Waals surface area contributed by atoms with Crippen LogP contribution in [-0.4, -0.2) is 59.3 Å². The van der Waals surface area contributed by atoms with Crippen molar-refractivity contribution in [2.45, 2.75) is 24.5 Å². The molecule has 0 saturated carbocycles. The van der Waals surface area contributed by atoms with Gasteiger partial charge in [-0.05, 0) is 49.2 Å². The third-order valence-electron chi connectivity index (χ3n) is 5.39. The molecule has 1 atom stereocenters. The van der Waals surface area contributed by atoms with Gasteiger partial charge in [0.2, 0.25) is 5.91 Å². The number of likely N-dealkylation sites (tertiary alicyclic amines) is 1. The van der Waals surface area contributed by atoms with Crippen LogP contribution in [0.5, 0.6) is 5.75 Å². The van der Waals surface area contributed by atoms with Gasteiger partial charge in [-0.1, -0.05) is 23.9 Å². The van der Waals surface area contributed by atoms with Gasteiger partial charge in [-0.3, -0.25) is 14.4 Å². The quantitative estimate of drug-likeness (QED) is 0.559. The predicted molar refractivity (Wildman–Crippen MR) is 129 cm³/mol. The maximum atomic E-state index is 13.5. The van der Waals surface area contributed by atoms with Crippen LogP contribution in [0, 0.1) is 5.82 Å². The van der Waals surface area contributed by atoms with Gasteiger partial charge in [0.05, 0.1) is 6.54 Å². The maximum absolute atomic E-state index is 13.5. The molecule has 2 aromatic carbocycles. The number of anilines is 1. The van der Waals surface area contributed by atoms with Crippen LogP contribution in [0.1, 0.15) is 29.6 Å². The molecule has 4 rings (SSSR count). The molecule has 178 valence electrons. The number of carbonyl (C=O) groups is 3. The van der Waals surface area contributed by atoms with Gasteiger partial charge >= 0.3 is 0 Å². The van der Waals surface area contributed by atoms with Gasteiger partial charge < -0.3 is 20.3 Å². The maximum Gasteiger partial charge on any atom is 0.262 e. The molecule has 3 amide bonds. The van der Waals surface area contributed by atoms with Gasteiger partial charge in [0, 0.05) is 30.8 Å². The lowest BCUT2D eigenvalue weighted by Gasteiger charge is -2.16. The van der Waals surface area contributed by atoms with Gasteiger partial charge in [-0.15, -0.1) is 0 Å². The first kappa shape index (κ1) is 23.7. The molecule has 0 unspecified atom stereocenters. The topological polar surface area (TPSA) is 100 Å². The summed E-state index contributed by atoms with van der Waals surface area (Å²) in [5.74, 6) is -1.19. The van der Waals surface area contributed by atoms with Crippen molar-refractivity contribution in [1.82, 2.24) is 10.2 Å². The van der Waals surface area contributed by atoms with Crippen molar-refractivity contribution in [1.29, 1.82) is 0 Å². The number of hydrogen-bond acceptors (Lipinski definition) is 6. The summed E-state index contributed by atoms with van der Waals surface area (Å²) in [6, 6.07) is 12.5. The molecular weight excluding hydrogens is 459 g/mol. The van der Waals surface area contributed by atoms with Gasteiger partial charge in [0.1, 0.15) is 11.9 Å². The van der Waals surface area contributed by atoms with Crippen LogP contribution in [0.2, 0.25) is 0 Å². The number of benzene rings is 2. The molecule has 0 radical (unpaired) electrons. The predicted octanol–water partition coefficient (Wildman–Crippen LogP) is 3.06. The molecule has 8 nitrogen and oxygen atoms in total. The highest BCUT2D eigenvalue weighted by Gasteiger charge is 2.33. The fraction of sp³-hybridized carbons (Fsp3) is 0.333. The Balaban J connectivity index is 1.19. The molecule has 2 N–H and O–H groups in total. The SMILES string of the molecule is O=C(C[C@@H]1SC(N2CCCC2)=NC1=O)Nc1ccc(C(=O)NCCOc2ccccc2F)cc1. The molecule has 0 aromatic heterocycles. The number of nitrogens with zero attached hydrogens (tertiary/aromatic N) is 2. The molecule has 2 aromatic rings. The Morgan fingerprint density at radius 1 is 1.12 bits per heavy atom. The van der Waals surface area contributed by atoms with Gasteiger partial charge in [-0.2, -0.15) is 4.99 Å². The molecule has 2 aliphatic rings. The Morgan fingerprint density at radius 2 is 1.85 bits per heavy atom. The van der Waals surface area contributed by atoms with Crippen LogP contribution in [0.4, 0.5) is 10.1 Å². The molecule has 1 fully saturated rings. The second-order valence-corrected chi connectivity index (χ2v) is 9.07. The van der Waals surface area contributed by atoms with E-state index in [4.69, 9.17) is 4.74 Å². The van der Waals surface area contributed by atoms with E-state index in [0.29, 0.717) is 11.3 Å². The zero-order valence-corrected chi connectivity index (χ0v) is 19.3. The number of rotatable bonds is 8. The first-order valence-corrected chi connectivity index (χ1v) is 12.0. The van der Waals surface area contributed by atoms with Crippen LogP contribution in [0.3, 0.4) is 0 Å². The minimum absolute atomic E-state index is 0.0363. The number of ether oxygens (including phenoxy) is 1. The lowest BCUT2D eigenvalue weighted by Crippen LogP contribution is -2.28. The van der Waals surface area contributed by atoms with Gasteiger partial charge in [0.25, 0.3) is 11.8 Å². The number of carbonyl (C=O) groups excluding carboxylic acids is 3. The Labute approximate surface area is 200 Å². The lowest BCUT2D eigenvalue weighted by molar-refractivity contribution is -0.121. The monoisotopic (exact) mass is 484 g/mol. The Morgan fingerprint density at radius 3 is 2.59 bits per heavy atom. The number of aliphatic imine (C=N–C) groups is 1. The lowest BCUT2D eigenvalue weighted by atomic mass is 10.2. The highest BCUT2D eigenvalue weighted by atomic mass is 32.2. The first-order valence-electron chi connectivity index (χ1n) is 11.1. The van der Waals surface area contributed by atoms with Crippen LogP contribution in [-0.2, 0) is 9.59 Å². The van der Waals surface area contributed by atoms with E-state index < -0.39 is 11.1 Å². The minimum atomic E-state index is -0.507. The zero-order valence-electron chi connectivity index (χ0n) is 18.5. The third-order valence-corrected chi connectivity index (χ3v) is 6.60. The Kier molecular flexibility index (Phi) is 7.79. The van der Waals surface area contributed by atoms with E-state index in [-0.39, 0.29) is 43.0 Å². The van der Waals surface area contributed by atoms with E-state index in [1.54, 1.807) is 36.4 Å². The van der Waals surface area contributed by atoms with Crippen molar-refractivity contribution in [2.75, 3.05) is 31.6 Å². The summed E-state index contributed by atoms with van der Waals surface area (Å²) in [4.78, 5) is 43.1. The Bertz CT molecular complexity index is 1090. The second kappa shape index (κ2) is 11.1. The van der Waals surface area contributed by atoms with E-state index in [0.717, 1.165) is 31.1 Å². The van der Waals surface area contributed by atoms with Crippen LogP contribution in [0.15, 0.2) is 53.5 Å². The van der Waals surface area contributed by atoms with Crippen LogP contribution in [0.25, 0.3) is 0 Å². The number of amidine groups is 1. The molecule has 34 heavy (non-hydrogen) atoms. The molecule has 1 saturated heterocycles. The molecule has 2 aliphatic heterocycles. The third kappa shape index (κ3) is 6.13.